The van der Waals surface area contributed by atoms with Gasteiger partial charge in [0.05, 0.1) is 19.1 Å². The van der Waals surface area contributed by atoms with E-state index in [0.29, 0.717) is 11.5 Å². The van der Waals surface area contributed by atoms with Crippen LogP contribution in [0.15, 0.2) is 22.7 Å². The SMILES string of the molecule is COC(=O)c1sccc1S(=O)(=O)NCCSCc1nc[nH]c1C. The fourth-order valence-electron chi connectivity index (χ4n) is 1.78. The summed E-state index contributed by atoms with van der Waals surface area (Å²) in [5.41, 5.74) is 1.97. The molecule has 0 fully saturated rings. The standard InChI is InChI=1S/C13H17N3O4S3/c1-9-10(15-8-14-9)7-21-6-4-16-23(18,19)11-3-5-22-12(11)13(17)20-2/h3,5,8,16H,4,6-7H2,1-2H3,(H,14,15). The molecule has 7 nitrogen and oxygen atoms in total. The minimum atomic E-state index is -3.72. The van der Waals surface area contributed by atoms with Crippen LogP contribution in [0, 0.1) is 6.92 Å². The smallest absolute Gasteiger partial charge is 0.349 e. The Hall–Kier alpha value is -1.36. The molecule has 23 heavy (non-hydrogen) atoms. The monoisotopic (exact) mass is 375 g/mol. The van der Waals surface area contributed by atoms with Gasteiger partial charge in [0.25, 0.3) is 0 Å². The van der Waals surface area contributed by atoms with Crippen LogP contribution in [0.1, 0.15) is 21.1 Å². The number of thioether (sulfide) groups is 1. The van der Waals surface area contributed by atoms with E-state index in [-0.39, 0.29) is 16.3 Å². The zero-order chi connectivity index (χ0) is 16.9. The van der Waals surface area contributed by atoms with Gasteiger partial charge in [-0.3, -0.25) is 0 Å². The van der Waals surface area contributed by atoms with E-state index in [1.807, 2.05) is 6.92 Å². The maximum absolute atomic E-state index is 12.2. The number of sulfonamides is 1. The maximum Gasteiger partial charge on any atom is 0.349 e. The molecule has 2 aromatic rings. The lowest BCUT2D eigenvalue weighted by molar-refractivity contribution is 0.0602. The van der Waals surface area contributed by atoms with E-state index < -0.39 is 16.0 Å². The summed E-state index contributed by atoms with van der Waals surface area (Å²) in [6.45, 7) is 2.21. The van der Waals surface area contributed by atoms with Crippen molar-refractivity contribution in [3.8, 4) is 0 Å². The number of nitrogens with one attached hydrogen (secondary N) is 2. The number of H-pyrrole nitrogens is 1. The second kappa shape index (κ2) is 7.95. The van der Waals surface area contributed by atoms with E-state index in [2.05, 4.69) is 19.4 Å². The van der Waals surface area contributed by atoms with Crippen molar-refractivity contribution in [1.29, 1.82) is 0 Å². The van der Waals surface area contributed by atoms with Gasteiger partial charge >= 0.3 is 5.97 Å². The van der Waals surface area contributed by atoms with E-state index in [0.717, 1.165) is 22.7 Å². The van der Waals surface area contributed by atoms with Gasteiger partial charge in [-0.15, -0.1) is 11.3 Å². The number of esters is 1. The molecule has 0 unspecified atom stereocenters. The van der Waals surface area contributed by atoms with Gasteiger partial charge in [-0.1, -0.05) is 0 Å². The molecule has 0 bridgehead atoms. The predicted octanol–water partition coefficient (Wildman–Crippen LogP) is 1.78. The molecule has 0 aromatic carbocycles. The van der Waals surface area contributed by atoms with E-state index >= 15 is 0 Å². The minimum Gasteiger partial charge on any atom is -0.465 e. The van der Waals surface area contributed by atoms with Crippen LogP contribution in [0.3, 0.4) is 0 Å². The lowest BCUT2D eigenvalue weighted by Crippen LogP contribution is -2.27. The molecule has 0 aliphatic carbocycles. The first-order chi connectivity index (χ1) is 11.0. The van der Waals surface area contributed by atoms with Crippen LogP contribution >= 0.6 is 23.1 Å². The molecule has 2 N–H and O–H groups in total. The lowest BCUT2D eigenvalue weighted by Gasteiger charge is -2.07. The van der Waals surface area contributed by atoms with E-state index in [1.165, 1.54) is 13.2 Å². The number of carbonyl (C=O) groups is 1. The van der Waals surface area contributed by atoms with Gasteiger partial charge in [0.1, 0.15) is 9.77 Å². The van der Waals surface area contributed by atoms with Crippen LogP contribution in [0.4, 0.5) is 0 Å². The Kier molecular flexibility index (Phi) is 6.22. The van der Waals surface area contributed by atoms with Crippen molar-refractivity contribution in [2.24, 2.45) is 0 Å². The van der Waals surface area contributed by atoms with E-state index in [4.69, 9.17) is 0 Å². The molecule has 0 aliphatic rings. The van der Waals surface area contributed by atoms with Crippen molar-refractivity contribution in [1.82, 2.24) is 14.7 Å². The number of hydrogen-bond donors (Lipinski definition) is 2. The number of carbonyl (C=O) groups excluding carboxylic acids is 1. The van der Waals surface area contributed by atoms with Gasteiger partial charge in [0, 0.05) is 23.7 Å². The highest BCUT2D eigenvalue weighted by atomic mass is 32.2. The number of aromatic amines is 1. The molecule has 2 heterocycles. The number of hydrogen-bond acceptors (Lipinski definition) is 7. The quantitative estimate of drug-likeness (QED) is 0.539. The fourth-order valence-corrected chi connectivity index (χ4v) is 5.15. The summed E-state index contributed by atoms with van der Waals surface area (Å²) in [6.07, 6.45) is 1.64. The summed E-state index contributed by atoms with van der Waals surface area (Å²) in [5, 5.41) is 1.55. The highest BCUT2D eigenvalue weighted by Gasteiger charge is 2.24. The highest BCUT2D eigenvalue weighted by molar-refractivity contribution is 7.98. The van der Waals surface area contributed by atoms with Crippen molar-refractivity contribution in [2.45, 2.75) is 17.6 Å². The minimum absolute atomic E-state index is 0.0394. The first kappa shape index (κ1) is 18.0. The Bertz CT molecular complexity index is 767. The summed E-state index contributed by atoms with van der Waals surface area (Å²) >= 11 is 2.62. The van der Waals surface area contributed by atoms with Crippen LogP contribution < -0.4 is 4.72 Å². The molecule has 0 amide bonds. The third-order valence-electron chi connectivity index (χ3n) is 3.00. The number of aryl methyl sites for hydroxylation is 1. The third kappa shape index (κ3) is 4.56. The van der Waals surface area contributed by atoms with Crippen LogP contribution in [-0.4, -0.2) is 43.8 Å². The Balaban J connectivity index is 1.86. The second-order valence-electron chi connectivity index (χ2n) is 4.53. The average molecular weight is 375 g/mol. The Morgan fingerprint density at radius 1 is 1.52 bits per heavy atom. The maximum atomic E-state index is 12.2. The van der Waals surface area contributed by atoms with Crippen LogP contribution in [0.2, 0.25) is 0 Å². The molecule has 126 valence electrons. The van der Waals surface area contributed by atoms with Crippen molar-refractivity contribution < 1.29 is 17.9 Å². The number of rotatable bonds is 8. The Morgan fingerprint density at radius 2 is 2.30 bits per heavy atom. The number of imidazole rings is 1. The zero-order valence-electron chi connectivity index (χ0n) is 12.7. The average Bonchev–Trinajstić information content (AvgIpc) is 3.16. The fraction of sp³-hybridized carbons (Fsp3) is 0.385. The summed E-state index contributed by atoms with van der Waals surface area (Å²) in [5.74, 6) is 0.662. The summed E-state index contributed by atoms with van der Waals surface area (Å²) in [4.78, 5) is 18.8. The molecule has 0 aliphatic heterocycles. The van der Waals surface area contributed by atoms with Crippen LogP contribution in [0.5, 0.6) is 0 Å². The number of thiophene rings is 1. The highest BCUT2D eigenvalue weighted by Crippen LogP contribution is 2.22. The number of nitrogens with zero attached hydrogens (tertiary/aromatic N) is 1. The van der Waals surface area contributed by atoms with Crippen molar-refractivity contribution in [3.63, 3.8) is 0 Å². The second-order valence-corrected chi connectivity index (χ2v) is 8.29. The Morgan fingerprint density at radius 3 is 2.96 bits per heavy atom. The molecule has 2 aromatic heterocycles. The van der Waals surface area contributed by atoms with Gasteiger partial charge in [-0.2, -0.15) is 11.8 Å². The summed E-state index contributed by atoms with van der Waals surface area (Å²) < 4.78 is 31.6. The van der Waals surface area contributed by atoms with Gasteiger partial charge in [-0.25, -0.2) is 22.9 Å². The van der Waals surface area contributed by atoms with Crippen molar-refractivity contribution >= 4 is 39.1 Å². The first-order valence-electron chi connectivity index (χ1n) is 6.67. The van der Waals surface area contributed by atoms with Crippen molar-refractivity contribution in [2.75, 3.05) is 19.4 Å². The number of aromatic nitrogens is 2. The molecule has 0 saturated carbocycles. The van der Waals surface area contributed by atoms with Gasteiger partial charge < -0.3 is 9.72 Å². The number of ether oxygens (including phenoxy) is 1. The molecule has 0 atom stereocenters. The molecule has 10 heteroatoms. The third-order valence-corrected chi connectivity index (χ3v) is 6.50. The Labute approximate surface area is 142 Å². The molecular weight excluding hydrogens is 358 g/mol. The molecule has 0 radical (unpaired) electrons. The normalized spacial score (nSPS) is 11.6. The summed E-state index contributed by atoms with van der Waals surface area (Å²) in [7, 11) is -2.50. The number of methoxy groups -OCH3 is 1. The van der Waals surface area contributed by atoms with Crippen LogP contribution in [0.25, 0.3) is 0 Å². The molecule has 0 spiro atoms. The largest absolute Gasteiger partial charge is 0.465 e. The van der Waals surface area contributed by atoms with Crippen molar-refractivity contribution in [3.05, 3.63) is 34.0 Å². The molecule has 0 saturated heterocycles. The molecule has 2 rings (SSSR count). The zero-order valence-corrected chi connectivity index (χ0v) is 15.1. The van der Waals surface area contributed by atoms with E-state index in [1.54, 1.807) is 23.5 Å². The van der Waals surface area contributed by atoms with E-state index in [9.17, 15) is 13.2 Å². The van der Waals surface area contributed by atoms with Crippen LogP contribution in [-0.2, 0) is 20.5 Å². The summed E-state index contributed by atoms with van der Waals surface area (Å²) in [6, 6.07) is 1.40. The molecular formula is C13H17N3O4S3. The first-order valence-corrected chi connectivity index (χ1v) is 10.2. The van der Waals surface area contributed by atoms with Gasteiger partial charge in [0.15, 0.2) is 0 Å². The topological polar surface area (TPSA) is 101 Å². The predicted molar refractivity (Wildman–Crippen MR) is 90.3 cm³/mol. The van der Waals surface area contributed by atoms with Gasteiger partial charge in [-0.05, 0) is 18.4 Å². The lowest BCUT2D eigenvalue weighted by atomic mass is 10.4. The van der Waals surface area contributed by atoms with Gasteiger partial charge in [0.2, 0.25) is 10.0 Å².